The fourth-order valence-corrected chi connectivity index (χ4v) is 1.39. The van der Waals surface area contributed by atoms with Gasteiger partial charge < -0.3 is 15.2 Å². The number of carboxylic acids is 1. The Labute approximate surface area is 110 Å². The summed E-state index contributed by atoms with van der Waals surface area (Å²) in [5.74, 6) is -1.10. The minimum Gasteiger partial charge on any atom is -0.491 e. The SMILES string of the molecule is CC(=O)NC(COc1ccc(CC#N)cc1)C(=O)O. The Kier molecular flexibility index (Phi) is 5.35. The summed E-state index contributed by atoms with van der Waals surface area (Å²) < 4.78 is 5.29. The number of carbonyl (C=O) groups is 2. The predicted octanol–water partition coefficient (Wildman–Crippen LogP) is 0.721. The summed E-state index contributed by atoms with van der Waals surface area (Å²) in [4.78, 5) is 21.7. The van der Waals surface area contributed by atoms with Gasteiger partial charge in [0.1, 0.15) is 12.4 Å². The molecule has 0 radical (unpaired) electrons. The third-order valence-corrected chi connectivity index (χ3v) is 2.30. The highest BCUT2D eigenvalue weighted by Gasteiger charge is 2.18. The third kappa shape index (κ3) is 5.08. The van der Waals surface area contributed by atoms with E-state index in [9.17, 15) is 9.59 Å². The van der Waals surface area contributed by atoms with Crippen molar-refractivity contribution in [1.82, 2.24) is 5.32 Å². The van der Waals surface area contributed by atoms with Crippen molar-refractivity contribution in [3.05, 3.63) is 29.8 Å². The number of rotatable bonds is 6. The second-order valence-corrected chi connectivity index (χ2v) is 3.88. The lowest BCUT2D eigenvalue weighted by molar-refractivity contribution is -0.142. The van der Waals surface area contributed by atoms with Gasteiger partial charge in [0.2, 0.25) is 5.91 Å². The fraction of sp³-hybridized carbons (Fsp3) is 0.308. The number of benzene rings is 1. The minimum absolute atomic E-state index is 0.160. The van der Waals surface area contributed by atoms with Gasteiger partial charge in [-0.2, -0.15) is 5.26 Å². The van der Waals surface area contributed by atoms with Crippen molar-refractivity contribution in [3.8, 4) is 11.8 Å². The molecule has 6 heteroatoms. The second kappa shape index (κ2) is 7.01. The molecule has 0 saturated heterocycles. The molecule has 0 aliphatic rings. The molecule has 1 rings (SSSR count). The van der Waals surface area contributed by atoms with Gasteiger partial charge in [0.25, 0.3) is 0 Å². The summed E-state index contributed by atoms with van der Waals surface area (Å²) in [6.07, 6.45) is 0.309. The van der Waals surface area contributed by atoms with Crippen LogP contribution in [0.15, 0.2) is 24.3 Å². The molecule has 0 aliphatic heterocycles. The van der Waals surface area contributed by atoms with Gasteiger partial charge in [-0.1, -0.05) is 12.1 Å². The highest BCUT2D eigenvalue weighted by atomic mass is 16.5. The molecule has 1 atom stereocenters. The zero-order chi connectivity index (χ0) is 14.3. The summed E-state index contributed by atoms with van der Waals surface area (Å²) in [6.45, 7) is 1.08. The van der Waals surface area contributed by atoms with E-state index in [0.717, 1.165) is 5.56 Å². The van der Waals surface area contributed by atoms with Gasteiger partial charge >= 0.3 is 5.97 Å². The van der Waals surface area contributed by atoms with E-state index < -0.39 is 17.9 Å². The van der Waals surface area contributed by atoms with E-state index in [0.29, 0.717) is 12.2 Å². The molecule has 0 heterocycles. The number of ether oxygens (including phenoxy) is 1. The van der Waals surface area contributed by atoms with Crippen LogP contribution in [0.3, 0.4) is 0 Å². The first-order valence-electron chi connectivity index (χ1n) is 5.61. The predicted molar refractivity (Wildman–Crippen MR) is 66.5 cm³/mol. The van der Waals surface area contributed by atoms with E-state index in [1.165, 1.54) is 6.92 Å². The number of nitrogens with one attached hydrogen (secondary N) is 1. The summed E-state index contributed by atoms with van der Waals surface area (Å²) >= 11 is 0. The smallest absolute Gasteiger partial charge is 0.329 e. The number of hydrogen-bond acceptors (Lipinski definition) is 4. The summed E-state index contributed by atoms with van der Waals surface area (Å²) in [5.41, 5.74) is 0.853. The molecule has 1 aromatic rings. The number of nitriles is 1. The molecule has 0 aliphatic carbocycles. The van der Waals surface area contributed by atoms with Crippen molar-refractivity contribution in [2.24, 2.45) is 0 Å². The second-order valence-electron chi connectivity index (χ2n) is 3.88. The molecule has 6 nitrogen and oxygen atoms in total. The van der Waals surface area contributed by atoms with Crippen molar-refractivity contribution < 1.29 is 19.4 Å². The number of hydrogen-bond donors (Lipinski definition) is 2. The highest BCUT2D eigenvalue weighted by molar-refractivity contribution is 5.82. The van der Waals surface area contributed by atoms with Gasteiger partial charge in [-0.05, 0) is 17.7 Å². The molecule has 2 N–H and O–H groups in total. The van der Waals surface area contributed by atoms with E-state index in [2.05, 4.69) is 5.32 Å². The lowest BCUT2D eigenvalue weighted by Crippen LogP contribution is -2.43. The molecule has 0 fully saturated rings. The molecule has 0 saturated carbocycles. The number of carboxylic acid groups (broad SMARTS) is 1. The van der Waals surface area contributed by atoms with Crippen molar-refractivity contribution >= 4 is 11.9 Å². The minimum atomic E-state index is -1.16. The normalized spacial score (nSPS) is 11.2. The van der Waals surface area contributed by atoms with Gasteiger partial charge in [-0.3, -0.25) is 4.79 Å². The first kappa shape index (κ1) is 14.5. The first-order valence-corrected chi connectivity index (χ1v) is 5.61. The molecular weight excluding hydrogens is 248 g/mol. The van der Waals surface area contributed by atoms with Gasteiger partial charge in [-0.25, -0.2) is 4.79 Å². The Morgan fingerprint density at radius 1 is 1.42 bits per heavy atom. The van der Waals surface area contributed by atoms with Crippen molar-refractivity contribution in [1.29, 1.82) is 5.26 Å². The summed E-state index contributed by atoms with van der Waals surface area (Å²) in [7, 11) is 0. The number of aliphatic carboxylic acids is 1. The number of nitrogens with zero attached hydrogens (tertiary/aromatic N) is 1. The highest BCUT2D eigenvalue weighted by Crippen LogP contribution is 2.12. The molecule has 0 bridgehead atoms. The van der Waals surface area contributed by atoms with Gasteiger partial charge in [0.15, 0.2) is 6.04 Å². The standard InChI is InChI=1S/C13H14N2O4/c1-9(16)15-12(13(17)18)8-19-11-4-2-10(3-5-11)6-7-14/h2-5,12H,6,8H2,1H3,(H,15,16)(H,17,18). The van der Waals surface area contributed by atoms with E-state index in [-0.39, 0.29) is 6.61 Å². The van der Waals surface area contributed by atoms with Crippen LogP contribution in [0.25, 0.3) is 0 Å². The van der Waals surface area contributed by atoms with E-state index in [1.54, 1.807) is 24.3 Å². The van der Waals surface area contributed by atoms with Crippen LogP contribution in [0.1, 0.15) is 12.5 Å². The van der Waals surface area contributed by atoms with Crippen LogP contribution in [0, 0.1) is 11.3 Å². The largest absolute Gasteiger partial charge is 0.491 e. The molecule has 1 aromatic carbocycles. The Balaban J connectivity index is 2.56. The van der Waals surface area contributed by atoms with Crippen molar-refractivity contribution in [2.75, 3.05) is 6.61 Å². The van der Waals surface area contributed by atoms with Crippen LogP contribution >= 0.6 is 0 Å². The van der Waals surface area contributed by atoms with Crippen LogP contribution in [0.4, 0.5) is 0 Å². The fourth-order valence-electron chi connectivity index (χ4n) is 1.39. The zero-order valence-electron chi connectivity index (χ0n) is 10.4. The number of amides is 1. The average Bonchev–Trinajstić information content (AvgIpc) is 2.36. The van der Waals surface area contributed by atoms with Crippen molar-refractivity contribution in [2.45, 2.75) is 19.4 Å². The Morgan fingerprint density at radius 2 is 2.05 bits per heavy atom. The quantitative estimate of drug-likeness (QED) is 0.787. The molecule has 1 amide bonds. The Morgan fingerprint density at radius 3 is 2.53 bits per heavy atom. The Hall–Kier alpha value is -2.55. The van der Waals surface area contributed by atoms with Crippen LogP contribution in [-0.4, -0.2) is 29.6 Å². The van der Waals surface area contributed by atoms with E-state index in [1.807, 2.05) is 6.07 Å². The van der Waals surface area contributed by atoms with Crippen LogP contribution < -0.4 is 10.1 Å². The zero-order valence-corrected chi connectivity index (χ0v) is 10.4. The maximum atomic E-state index is 10.9. The topological polar surface area (TPSA) is 99.4 Å². The third-order valence-electron chi connectivity index (χ3n) is 2.30. The summed E-state index contributed by atoms with van der Waals surface area (Å²) in [6, 6.07) is 7.70. The van der Waals surface area contributed by atoms with Crippen LogP contribution in [-0.2, 0) is 16.0 Å². The van der Waals surface area contributed by atoms with Gasteiger partial charge in [0, 0.05) is 6.92 Å². The molecule has 0 spiro atoms. The Bertz CT molecular complexity index is 490. The molecular formula is C13H14N2O4. The molecule has 19 heavy (non-hydrogen) atoms. The molecule has 100 valence electrons. The lowest BCUT2D eigenvalue weighted by atomic mass is 10.2. The van der Waals surface area contributed by atoms with Crippen LogP contribution in [0.2, 0.25) is 0 Å². The molecule has 0 aromatic heterocycles. The van der Waals surface area contributed by atoms with E-state index in [4.69, 9.17) is 15.1 Å². The molecule has 1 unspecified atom stereocenters. The van der Waals surface area contributed by atoms with Gasteiger partial charge in [0.05, 0.1) is 12.5 Å². The average molecular weight is 262 g/mol. The maximum Gasteiger partial charge on any atom is 0.329 e. The monoisotopic (exact) mass is 262 g/mol. The lowest BCUT2D eigenvalue weighted by Gasteiger charge is -2.14. The first-order chi connectivity index (χ1) is 9.02. The number of carbonyl (C=O) groups excluding carboxylic acids is 1. The maximum absolute atomic E-state index is 10.9. The van der Waals surface area contributed by atoms with Gasteiger partial charge in [-0.15, -0.1) is 0 Å². The van der Waals surface area contributed by atoms with E-state index >= 15 is 0 Å². The van der Waals surface area contributed by atoms with Crippen molar-refractivity contribution in [3.63, 3.8) is 0 Å². The summed E-state index contributed by atoms with van der Waals surface area (Å²) in [5, 5.41) is 19.7. The van der Waals surface area contributed by atoms with Crippen LogP contribution in [0.5, 0.6) is 5.75 Å².